The van der Waals surface area contributed by atoms with E-state index in [2.05, 4.69) is 5.32 Å². The van der Waals surface area contributed by atoms with Crippen LogP contribution in [-0.4, -0.2) is 32.3 Å². The Balaban J connectivity index is 1.94. The fraction of sp³-hybridized carbons (Fsp3) is 0.364. The second-order valence-electron chi connectivity index (χ2n) is 7.14. The van der Waals surface area contributed by atoms with E-state index in [0.29, 0.717) is 5.75 Å². The number of carbonyl (C=O) groups is 2. The van der Waals surface area contributed by atoms with E-state index < -0.39 is 41.2 Å². The topological polar surface area (TPSA) is 73.9 Å². The average molecular weight is 399 g/mol. The number of para-hydroxylation sites is 1. The van der Waals surface area contributed by atoms with Crippen LogP contribution in [0.2, 0.25) is 0 Å². The maximum absolute atomic E-state index is 14.9. The van der Waals surface area contributed by atoms with Crippen LogP contribution >= 0.6 is 0 Å². The molecule has 152 valence electrons. The normalized spacial score (nSPS) is 27.3. The summed E-state index contributed by atoms with van der Waals surface area (Å²) >= 11 is 0. The van der Waals surface area contributed by atoms with Crippen LogP contribution in [0, 0.1) is 17.7 Å². The minimum Gasteiger partial charge on any atom is -0.493 e. The molecule has 0 aromatic heterocycles. The van der Waals surface area contributed by atoms with Crippen LogP contribution < -0.4 is 10.1 Å². The summed E-state index contributed by atoms with van der Waals surface area (Å²) < 4.78 is 31.2. The lowest BCUT2D eigenvalue weighted by Gasteiger charge is -2.33. The van der Waals surface area contributed by atoms with Crippen molar-refractivity contribution in [1.82, 2.24) is 5.32 Å². The van der Waals surface area contributed by atoms with E-state index in [0.717, 1.165) is 5.56 Å². The SMILES string of the molecule is CCOC(=O)[C@H]1[C@@H]2COc3ccccc3[C@H]2N[C@]1(C(=O)OC)c1ccccc1F. The summed E-state index contributed by atoms with van der Waals surface area (Å²) in [7, 11) is 1.22. The van der Waals surface area contributed by atoms with Gasteiger partial charge in [0.05, 0.1) is 26.2 Å². The van der Waals surface area contributed by atoms with Crippen LogP contribution in [0.4, 0.5) is 4.39 Å². The molecule has 0 amide bonds. The summed E-state index contributed by atoms with van der Waals surface area (Å²) in [5.41, 5.74) is -0.875. The molecule has 6 nitrogen and oxygen atoms in total. The van der Waals surface area contributed by atoms with Crippen molar-refractivity contribution in [1.29, 1.82) is 0 Å². The molecule has 2 heterocycles. The first-order chi connectivity index (χ1) is 14.0. The molecule has 1 saturated heterocycles. The van der Waals surface area contributed by atoms with E-state index in [1.54, 1.807) is 13.0 Å². The van der Waals surface area contributed by atoms with Crippen LogP contribution in [-0.2, 0) is 24.6 Å². The number of ether oxygens (including phenoxy) is 3. The van der Waals surface area contributed by atoms with Gasteiger partial charge in [-0.25, -0.2) is 9.18 Å². The fourth-order valence-electron chi connectivity index (χ4n) is 4.58. The van der Waals surface area contributed by atoms with Gasteiger partial charge in [-0.2, -0.15) is 0 Å². The Hall–Kier alpha value is -2.93. The highest BCUT2D eigenvalue weighted by Crippen LogP contribution is 2.53. The summed E-state index contributed by atoms with van der Waals surface area (Å²) in [4.78, 5) is 26.2. The Labute approximate surface area is 168 Å². The molecule has 0 unspecified atom stereocenters. The fourth-order valence-corrected chi connectivity index (χ4v) is 4.58. The van der Waals surface area contributed by atoms with Gasteiger partial charge in [-0.1, -0.05) is 36.4 Å². The molecule has 29 heavy (non-hydrogen) atoms. The van der Waals surface area contributed by atoms with Crippen molar-refractivity contribution >= 4 is 11.9 Å². The molecule has 4 atom stereocenters. The smallest absolute Gasteiger partial charge is 0.331 e. The van der Waals surface area contributed by atoms with Crippen LogP contribution in [0.3, 0.4) is 0 Å². The number of hydrogen-bond acceptors (Lipinski definition) is 6. The predicted octanol–water partition coefficient (Wildman–Crippen LogP) is 2.73. The highest BCUT2D eigenvalue weighted by molar-refractivity contribution is 5.91. The average Bonchev–Trinajstić information content (AvgIpc) is 3.10. The number of methoxy groups -OCH3 is 1. The van der Waals surface area contributed by atoms with Gasteiger partial charge in [0.1, 0.15) is 11.6 Å². The number of esters is 2. The largest absolute Gasteiger partial charge is 0.493 e. The summed E-state index contributed by atoms with van der Waals surface area (Å²) in [6.45, 7) is 2.01. The third-order valence-corrected chi connectivity index (χ3v) is 5.74. The van der Waals surface area contributed by atoms with E-state index >= 15 is 0 Å². The lowest BCUT2D eigenvalue weighted by atomic mass is 9.73. The van der Waals surface area contributed by atoms with Gasteiger partial charge in [-0.05, 0) is 19.1 Å². The maximum atomic E-state index is 14.9. The van der Waals surface area contributed by atoms with Gasteiger partial charge in [0.25, 0.3) is 0 Å². The molecule has 7 heteroatoms. The highest BCUT2D eigenvalue weighted by atomic mass is 19.1. The van der Waals surface area contributed by atoms with Crippen molar-refractivity contribution < 1.29 is 28.2 Å². The molecule has 0 radical (unpaired) electrons. The molecule has 0 bridgehead atoms. The number of nitrogens with one attached hydrogen (secondary N) is 1. The number of hydrogen-bond donors (Lipinski definition) is 1. The number of rotatable bonds is 4. The molecule has 2 aliphatic rings. The summed E-state index contributed by atoms with van der Waals surface area (Å²) in [5.74, 6) is -2.74. The third kappa shape index (κ3) is 2.88. The van der Waals surface area contributed by atoms with Gasteiger partial charge in [0.2, 0.25) is 0 Å². The summed E-state index contributed by atoms with van der Waals surface area (Å²) in [5, 5.41) is 3.26. The molecule has 1 fully saturated rings. The zero-order valence-electron chi connectivity index (χ0n) is 16.2. The Kier molecular flexibility index (Phi) is 5.00. The third-order valence-electron chi connectivity index (χ3n) is 5.74. The van der Waals surface area contributed by atoms with Crippen molar-refractivity contribution in [2.75, 3.05) is 20.3 Å². The molecule has 0 saturated carbocycles. The van der Waals surface area contributed by atoms with Crippen LogP contribution in [0.5, 0.6) is 5.75 Å². The first-order valence-electron chi connectivity index (χ1n) is 9.54. The van der Waals surface area contributed by atoms with Crippen LogP contribution in [0.25, 0.3) is 0 Å². The maximum Gasteiger partial charge on any atom is 0.331 e. The van der Waals surface area contributed by atoms with Crippen molar-refractivity contribution in [2.45, 2.75) is 18.5 Å². The van der Waals surface area contributed by atoms with Crippen molar-refractivity contribution in [3.63, 3.8) is 0 Å². The Morgan fingerprint density at radius 1 is 1.21 bits per heavy atom. The Morgan fingerprint density at radius 2 is 1.93 bits per heavy atom. The molecule has 0 aliphatic carbocycles. The number of carbonyl (C=O) groups excluding carboxylic acids is 2. The van der Waals surface area contributed by atoms with Crippen LogP contribution in [0.15, 0.2) is 48.5 Å². The van der Waals surface area contributed by atoms with Gasteiger partial charge in [-0.15, -0.1) is 0 Å². The van der Waals surface area contributed by atoms with Gasteiger partial charge in [0, 0.05) is 23.1 Å². The molecular formula is C22H22FNO5. The van der Waals surface area contributed by atoms with Crippen LogP contribution in [0.1, 0.15) is 24.1 Å². The highest BCUT2D eigenvalue weighted by Gasteiger charge is 2.65. The standard InChI is InChI=1S/C22H22FNO5/c1-3-28-20(25)18-14-12-29-17-11-7-4-8-13(17)19(14)24-22(18,21(26)27-2)15-9-5-6-10-16(15)23/h4-11,14,18-19,24H,3,12H2,1-2H3/t14-,18+,19+,22+/m0/s1. The molecular weight excluding hydrogens is 377 g/mol. The van der Waals surface area contributed by atoms with E-state index in [9.17, 15) is 14.0 Å². The predicted molar refractivity (Wildman–Crippen MR) is 102 cm³/mol. The molecule has 2 aliphatic heterocycles. The summed E-state index contributed by atoms with van der Waals surface area (Å²) in [6.07, 6.45) is 0. The Bertz CT molecular complexity index is 948. The lowest BCUT2D eigenvalue weighted by Crippen LogP contribution is -2.53. The van der Waals surface area contributed by atoms with Crippen molar-refractivity contribution in [3.8, 4) is 5.75 Å². The zero-order chi connectivity index (χ0) is 20.6. The van der Waals surface area contributed by atoms with E-state index in [-0.39, 0.29) is 18.8 Å². The first kappa shape index (κ1) is 19.4. The van der Waals surface area contributed by atoms with E-state index in [1.807, 2.05) is 24.3 Å². The minimum absolute atomic E-state index is 0.0526. The number of fused-ring (bicyclic) bond motifs is 3. The number of benzene rings is 2. The molecule has 2 aromatic rings. The molecule has 0 spiro atoms. The molecule has 2 aromatic carbocycles. The lowest BCUT2D eigenvalue weighted by molar-refractivity contribution is -0.163. The van der Waals surface area contributed by atoms with Gasteiger partial charge < -0.3 is 14.2 Å². The van der Waals surface area contributed by atoms with Crippen molar-refractivity contribution in [3.05, 3.63) is 65.5 Å². The monoisotopic (exact) mass is 399 g/mol. The zero-order valence-corrected chi connectivity index (χ0v) is 16.2. The number of halogens is 1. The van der Waals surface area contributed by atoms with Crippen molar-refractivity contribution in [2.24, 2.45) is 11.8 Å². The van der Waals surface area contributed by atoms with E-state index in [1.165, 1.54) is 25.3 Å². The molecule has 4 rings (SSSR count). The summed E-state index contributed by atoms with van der Waals surface area (Å²) in [6, 6.07) is 12.9. The second kappa shape index (κ2) is 7.48. The van der Waals surface area contributed by atoms with Gasteiger partial charge >= 0.3 is 11.9 Å². The molecule has 1 N–H and O–H groups in total. The first-order valence-corrected chi connectivity index (χ1v) is 9.54. The Morgan fingerprint density at radius 3 is 2.66 bits per heavy atom. The van der Waals surface area contributed by atoms with Gasteiger partial charge in [-0.3, -0.25) is 10.1 Å². The van der Waals surface area contributed by atoms with E-state index in [4.69, 9.17) is 14.2 Å². The van der Waals surface area contributed by atoms with Gasteiger partial charge in [0.15, 0.2) is 5.54 Å². The second-order valence-corrected chi connectivity index (χ2v) is 7.14. The minimum atomic E-state index is -1.73. The quantitative estimate of drug-likeness (QED) is 0.797.